The van der Waals surface area contributed by atoms with Crippen LogP contribution in [0.25, 0.3) is 0 Å². The molecule has 0 radical (unpaired) electrons. The molecular formula is C17H23N3. The van der Waals surface area contributed by atoms with E-state index < -0.39 is 0 Å². The predicted molar refractivity (Wildman–Crippen MR) is 82.6 cm³/mol. The van der Waals surface area contributed by atoms with Crippen LogP contribution in [0.4, 0.5) is 0 Å². The molecule has 0 bridgehead atoms. The van der Waals surface area contributed by atoms with E-state index in [4.69, 9.17) is 0 Å². The summed E-state index contributed by atoms with van der Waals surface area (Å²) < 4.78 is 0. The predicted octanol–water partition coefficient (Wildman–Crippen LogP) is 3.46. The summed E-state index contributed by atoms with van der Waals surface area (Å²) in [4.78, 5) is 8.90. The van der Waals surface area contributed by atoms with Crippen molar-refractivity contribution in [2.24, 2.45) is 0 Å². The zero-order chi connectivity index (χ0) is 14.2. The van der Waals surface area contributed by atoms with Gasteiger partial charge in [0.25, 0.3) is 0 Å². The Morgan fingerprint density at radius 2 is 1.80 bits per heavy atom. The third kappa shape index (κ3) is 4.42. The van der Waals surface area contributed by atoms with Crippen LogP contribution in [0.3, 0.4) is 0 Å². The van der Waals surface area contributed by atoms with E-state index in [-0.39, 0.29) is 6.04 Å². The topological polar surface area (TPSA) is 37.8 Å². The maximum Gasteiger partial charge on any atom is 0.145 e. The Morgan fingerprint density at radius 3 is 2.45 bits per heavy atom. The van der Waals surface area contributed by atoms with Crippen LogP contribution in [-0.4, -0.2) is 16.5 Å². The van der Waals surface area contributed by atoms with Crippen LogP contribution in [0.15, 0.2) is 42.7 Å². The summed E-state index contributed by atoms with van der Waals surface area (Å²) >= 11 is 0. The number of aryl methyl sites for hydroxylation is 2. The number of rotatable bonds is 7. The fourth-order valence-electron chi connectivity index (χ4n) is 2.31. The molecule has 20 heavy (non-hydrogen) atoms. The molecule has 0 fully saturated rings. The van der Waals surface area contributed by atoms with E-state index >= 15 is 0 Å². The van der Waals surface area contributed by atoms with Crippen molar-refractivity contribution in [3.05, 3.63) is 59.7 Å². The number of hydrogen-bond donors (Lipinski definition) is 1. The van der Waals surface area contributed by atoms with Crippen molar-refractivity contribution in [1.82, 2.24) is 15.3 Å². The molecule has 0 aliphatic rings. The van der Waals surface area contributed by atoms with Crippen LogP contribution in [0, 0.1) is 6.92 Å². The Balaban J connectivity index is 1.90. The molecule has 2 rings (SSSR count). The molecule has 0 amide bonds. The van der Waals surface area contributed by atoms with Gasteiger partial charge < -0.3 is 5.32 Å². The molecule has 1 atom stereocenters. The molecule has 1 aromatic heterocycles. The molecular weight excluding hydrogens is 246 g/mol. The molecule has 106 valence electrons. The number of aromatic nitrogens is 2. The molecule has 0 spiro atoms. The van der Waals surface area contributed by atoms with Gasteiger partial charge in [-0.25, -0.2) is 9.97 Å². The first-order valence-corrected chi connectivity index (χ1v) is 7.35. The average Bonchev–Trinajstić information content (AvgIpc) is 2.48. The fourth-order valence-corrected chi connectivity index (χ4v) is 2.31. The van der Waals surface area contributed by atoms with Gasteiger partial charge in [-0.05, 0) is 43.9 Å². The third-order valence-electron chi connectivity index (χ3n) is 3.36. The molecule has 2 aromatic rings. The van der Waals surface area contributed by atoms with Gasteiger partial charge in [0.15, 0.2) is 0 Å². The fraction of sp³-hybridized carbons (Fsp3) is 0.412. The van der Waals surface area contributed by atoms with Gasteiger partial charge in [0.2, 0.25) is 0 Å². The van der Waals surface area contributed by atoms with Crippen LogP contribution in [0.5, 0.6) is 0 Å². The number of benzene rings is 1. The van der Waals surface area contributed by atoms with Gasteiger partial charge in [0, 0.05) is 12.4 Å². The van der Waals surface area contributed by atoms with Crippen LogP contribution < -0.4 is 5.32 Å². The van der Waals surface area contributed by atoms with Crippen molar-refractivity contribution in [2.45, 2.75) is 39.2 Å². The van der Waals surface area contributed by atoms with Crippen LogP contribution in [0.1, 0.15) is 42.8 Å². The first kappa shape index (κ1) is 14.7. The van der Waals surface area contributed by atoms with Gasteiger partial charge in [-0.2, -0.15) is 0 Å². The molecule has 0 saturated heterocycles. The van der Waals surface area contributed by atoms with E-state index in [0.717, 1.165) is 37.2 Å². The monoisotopic (exact) mass is 269 g/mol. The number of nitrogens with zero attached hydrogens (tertiary/aromatic N) is 2. The number of hydrogen-bond acceptors (Lipinski definition) is 3. The van der Waals surface area contributed by atoms with Crippen LogP contribution in [-0.2, 0) is 6.42 Å². The van der Waals surface area contributed by atoms with Gasteiger partial charge in [0.05, 0.1) is 6.04 Å². The summed E-state index contributed by atoms with van der Waals surface area (Å²) in [5, 5.41) is 3.48. The Kier molecular flexibility index (Phi) is 5.69. The zero-order valence-corrected chi connectivity index (χ0v) is 12.3. The normalized spacial score (nSPS) is 12.3. The Labute approximate surface area is 121 Å². The van der Waals surface area contributed by atoms with Crippen molar-refractivity contribution in [1.29, 1.82) is 0 Å². The first-order valence-electron chi connectivity index (χ1n) is 7.35. The largest absolute Gasteiger partial charge is 0.308 e. The summed E-state index contributed by atoms with van der Waals surface area (Å²) in [6.45, 7) is 5.08. The second-order valence-corrected chi connectivity index (χ2v) is 5.11. The minimum Gasteiger partial charge on any atom is -0.308 e. The SMILES string of the molecule is CCNC(CCCc1ccccc1)c1ncc(C)cn1. The minimum atomic E-state index is 0.254. The van der Waals surface area contributed by atoms with E-state index in [1.807, 2.05) is 19.3 Å². The van der Waals surface area contributed by atoms with E-state index in [1.165, 1.54) is 5.56 Å². The van der Waals surface area contributed by atoms with E-state index in [1.54, 1.807) is 0 Å². The minimum absolute atomic E-state index is 0.254. The van der Waals surface area contributed by atoms with Gasteiger partial charge in [0.1, 0.15) is 5.82 Å². The van der Waals surface area contributed by atoms with Crippen LogP contribution >= 0.6 is 0 Å². The highest BCUT2D eigenvalue weighted by Crippen LogP contribution is 2.16. The van der Waals surface area contributed by atoms with Crippen molar-refractivity contribution in [3.8, 4) is 0 Å². The Hall–Kier alpha value is -1.74. The highest BCUT2D eigenvalue weighted by Gasteiger charge is 2.12. The number of nitrogens with one attached hydrogen (secondary N) is 1. The third-order valence-corrected chi connectivity index (χ3v) is 3.36. The Bertz CT molecular complexity index is 493. The highest BCUT2D eigenvalue weighted by atomic mass is 15.0. The van der Waals surface area contributed by atoms with Crippen molar-refractivity contribution < 1.29 is 0 Å². The summed E-state index contributed by atoms with van der Waals surface area (Å²) in [5.74, 6) is 0.908. The second-order valence-electron chi connectivity index (χ2n) is 5.11. The maximum atomic E-state index is 4.45. The van der Waals surface area contributed by atoms with Crippen LogP contribution in [0.2, 0.25) is 0 Å². The molecule has 1 heterocycles. The summed E-state index contributed by atoms with van der Waals surface area (Å²) in [6.07, 6.45) is 7.09. The molecule has 1 N–H and O–H groups in total. The second kappa shape index (κ2) is 7.75. The van der Waals surface area contributed by atoms with Crippen molar-refractivity contribution >= 4 is 0 Å². The van der Waals surface area contributed by atoms with Gasteiger partial charge in [-0.15, -0.1) is 0 Å². The maximum absolute atomic E-state index is 4.45. The van der Waals surface area contributed by atoms with E-state index in [0.29, 0.717) is 0 Å². The quantitative estimate of drug-likeness (QED) is 0.836. The lowest BCUT2D eigenvalue weighted by atomic mass is 10.0. The van der Waals surface area contributed by atoms with Crippen molar-refractivity contribution in [3.63, 3.8) is 0 Å². The summed E-state index contributed by atoms with van der Waals surface area (Å²) in [6, 6.07) is 10.9. The lowest BCUT2D eigenvalue weighted by molar-refractivity contribution is 0.475. The zero-order valence-electron chi connectivity index (χ0n) is 12.3. The highest BCUT2D eigenvalue weighted by molar-refractivity contribution is 5.14. The molecule has 0 aliphatic heterocycles. The first-order chi connectivity index (χ1) is 9.79. The molecule has 3 nitrogen and oxygen atoms in total. The van der Waals surface area contributed by atoms with Crippen molar-refractivity contribution in [2.75, 3.05) is 6.54 Å². The smallest absolute Gasteiger partial charge is 0.145 e. The molecule has 0 aliphatic carbocycles. The molecule has 1 unspecified atom stereocenters. The van der Waals surface area contributed by atoms with Gasteiger partial charge in [-0.3, -0.25) is 0 Å². The standard InChI is InChI=1S/C17H23N3/c1-3-18-16(17-19-12-14(2)13-20-17)11-7-10-15-8-5-4-6-9-15/h4-6,8-9,12-13,16,18H,3,7,10-11H2,1-2H3. The molecule has 0 saturated carbocycles. The Morgan fingerprint density at radius 1 is 1.10 bits per heavy atom. The summed E-state index contributed by atoms with van der Waals surface area (Å²) in [7, 11) is 0. The average molecular weight is 269 g/mol. The van der Waals surface area contributed by atoms with Gasteiger partial charge >= 0.3 is 0 Å². The lowest BCUT2D eigenvalue weighted by Crippen LogP contribution is -2.23. The van der Waals surface area contributed by atoms with Gasteiger partial charge in [-0.1, -0.05) is 37.3 Å². The summed E-state index contributed by atoms with van der Waals surface area (Å²) in [5.41, 5.74) is 2.50. The molecule has 1 aromatic carbocycles. The lowest BCUT2D eigenvalue weighted by Gasteiger charge is -2.16. The molecule has 3 heteroatoms. The van der Waals surface area contributed by atoms with E-state index in [9.17, 15) is 0 Å². The van der Waals surface area contributed by atoms with E-state index in [2.05, 4.69) is 52.5 Å².